The Morgan fingerprint density at radius 2 is 1.69 bits per heavy atom. The molecule has 1 aliphatic heterocycles. The number of rotatable bonds is 6. The summed E-state index contributed by atoms with van der Waals surface area (Å²) in [4.78, 5) is 37.9. The highest BCUT2D eigenvalue weighted by Crippen LogP contribution is 2.44. The average Bonchev–Trinajstić information content (AvgIpc) is 3.40. The number of carbonyl (C=O) groups excluding carboxylic acids is 2. The summed E-state index contributed by atoms with van der Waals surface area (Å²) in [6, 6.07) is 12.1. The van der Waals surface area contributed by atoms with Gasteiger partial charge in [0, 0.05) is 12.5 Å². The van der Waals surface area contributed by atoms with Crippen molar-refractivity contribution in [1.29, 1.82) is 0 Å². The normalized spacial score (nSPS) is 20.2. The predicted molar refractivity (Wildman–Crippen MR) is 120 cm³/mol. The molecule has 1 fully saturated rings. The van der Waals surface area contributed by atoms with Crippen molar-refractivity contribution in [3.05, 3.63) is 59.7 Å². The van der Waals surface area contributed by atoms with Crippen LogP contribution in [0.3, 0.4) is 0 Å². The van der Waals surface area contributed by atoms with E-state index in [4.69, 9.17) is 4.74 Å². The van der Waals surface area contributed by atoms with Crippen molar-refractivity contribution in [2.75, 3.05) is 13.2 Å². The summed E-state index contributed by atoms with van der Waals surface area (Å²) >= 11 is 0. The number of hydrogen-bond acceptors (Lipinski definition) is 4. The molecule has 0 saturated carbocycles. The number of nitrogens with zero attached hydrogens (tertiary/aromatic N) is 1. The molecule has 0 radical (unpaired) electrons. The van der Waals surface area contributed by atoms with Crippen molar-refractivity contribution >= 4 is 18.0 Å². The number of likely N-dealkylation sites (tertiary alicyclic amines) is 1. The van der Waals surface area contributed by atoms with Crippen molar-refractivity contribution in [2.45, 2.75) is 49.9 Å². The third-order valence-electron chi connectivity index (χ3n) is 6.92. The van der Waals surface area contributed by atoms with Gasteiger partial charge < -0.3 is 20.1 Å². The Hall–Kier alpha value is -3.56. The molecule has 186 valence electrons. The van der Waals surface area contributed by atoms with E-state index in [1.807, 2.05) is 48.5 Å². The molecule has 2 aliphatic rings. The minimum atomic E-state index is -5.14. The van der Waals surface area contributed by atoms with E-state index >= 15 is 0 Å². The van der Waals surface area contributed by atoms with E-state index in [1.54, 1.807) is 5.32 Å². The molecule has 2 atom stereocenters. The first-order chi connectivity index (χ1) is 16.6. The van der Waals surface area contributed by atoms with Gasteiger partial charge in [0.05, 0.1) is 0 Å². The highest BCUT2D eigenvalue weighted by molar-refractivity contribution is 5.92. The van der Waals surface area contributed by atoms with Crippen LogP contribution < -0.4 is 5.32 Å². The number of nitrogens with one attached hydrogen (secondary N) is 1. The van der Waals surface area contributed by atoms with Crippen molar-refractivity contribution in [2.24, 2.45) is 0 Å². The largest absolute Gasteiger partial charge is 0.479 e. The minimum Gasteiger partial charge on any atom is -0.479 e. The van der Waals surface area contributed by atoms with Gasteiger partial charge in [0.25, 0.3) is 5.91 Å². The second-order valence-corrected chi connectivity index (χ2v) is 8.73. The van der Waals surface area contributed by atoms with Gasteiger partial charge in [0.15, 0.2) is 0 Å². The van der Waals surface area contributed by atoms with E-state index < -0.39 is 35.7 Å². The molecular formula is C25H25F3N2O5. The maximum atomic E-state index is 13.8. The van der Waals surface area contributed by atoms with Gasteiger partial charge in [-0.3, -0.25) is 4.79 Å². The van der Waals surface area contributed by atoms with Crippen LogP contribution in [0, 0.1) is 0 Å². The maximum Gasteiger partial charge on any atom is 0.417 e. The molecule has 0 spiro atoms. The fourth-order valence-corrected chi connectivity index (χ4v) is 5.14. The quantitative estimate of drug-likeness (QED) is 0.629. The highest BCUT2D eigenvalue weighted by Gasteiger charge is 2.55. The van der Waals surface area contributed by atoms with E-state index in [2.05, 4.69) is 0 Å². The zero-order valence-electron chi connectivity index (χ0n) is 19.0. The van der Waals surface area contributed by atoms with Crippen LogP contribution >= 0.6 is 0 Å². The minimum absolute atomic E-state index is 0.0418. The standard InChI is InChI=1S/C25H25F3N2O5/c1-2-24(22(32)33)12-7-13-30(24)21(31)20(25(26,27)28)29-23(34)35-14-19-17-10-5-3-8-15(17)16-9-4-6-11-18(16)19/h3-6,8-11,19-20H,2,7,12-14H2,1H3,(H,29,34)(H,32,33). The number of halogens is 3. The van der Waals surface area contributed by atoms with Gasteiger partial charge in [0.1, 0.15) is 12.1 Å². The highest BCUT2D eigenvalue weighted by atomic mass is 19.4. The maximum absolute atomic E-state index is 13.8. The van der Waals surface area contributed by atoms with E-state index in [0.717, 1.165) is 27.2 Å². The summed E-state index contributed by atoms with van der Waals surface area (Å²) in [7, 11) is 0. The first-order valence-electron chi connectivity index (χ1n) is 11.3. The molecule has 2 aromatic carbocycles. The van der Waals surface area contributed by atoms with Gasteiger partial charge in [-0.1, -0.05) is 55.5 Å². The third kappa shape index (κ3) is 4.33. The van der Waals surface area contributed by atoms with Crippen LogP contribution in [0.15, 0.2) is 48.5 Å². The van der Waals surface area contributed by atoms with Crippen molar-refractivity contribution in [3.8, 4) is 11.1 Å². The molecule has 2 aromatic rings. The lowest BCUT2D eigenvalue weighted by atomic mass is 9.92. The number of benzene rings is 2. The molecule has 35 heavy (non-hydrogen) atoms. The number of carboxylic acid groups (broad SMARTS) is 1. The molecule has 1 saturated heterocycles. The number of carbonyl (C=O) groups is 3. The second kappa shape index (κ2) is 9.24. The molecule has 2 amide bonds. The van der Waals surface area contributed by atoms with Crippen molar-refractivity contribution in [3.63, 3.8) is 0 Å². The van der Waals surface area contributed by atoms with E-state index in [0.29, 0.717) is 0 Å². The van der Waals surface area contributed by atoms with E-state index in [1.165, 1.54) is 6.92 Å². The fourth-order valence-electron chi connectivity index (χ4n) is 5.14. The summed E-state index contributed by atoms with van der Waals surface area (Å²) in [6.45, 7) is 1.13. The molecular weight excluding hydrogens is 465 g/mol. The van der Waals surface area contributed by atoms with Crippen LogP contribution in [0.4, 0.5) is 18.0 Å². The molecule has 7 nitrogen and oxygen atoms in total. The molecule has 2 N–H and O–H groups in total. The third-order valence-corrected chi connectivity index (χ3v) is 6.92. The Kier molecular flexibility index (Phi) is 6.48. The zero-order valence-corrected chi connectivity index (χ0v) is 19.0. The first-order valence-corrected chi connectivity index (χ1v) is 11.3. The average molecular weight is 490 g/mol. The number of carboxylic acids is 1. The topological polar surface area (TPSA) is 95.9 Å². The van der Waals surface area contributed by atoms with Gasteiger partial charge in [-0.05, 0) is 41.5 Å². The van der Waals surface area contributed by atoms with E-state index in [-0.39, 0.29) is 38.3 Å². The number of amides is 2. The van der Waals surface area contributed by atoms with Crippen LogP contribution in [-0.4, -0.2) is 58.9 Å². The summed E-state index contributed by atoms with van der Waals surface area (Å²) in [6.07, 6.45) is -6.30. The Bertz CT molecular complexity index is 1110. The van der Waals surface area contributed by atoms with Crippen LogP contribution in [0.2, 0.25) is 0 Å². The Morgan fingerprint density at radius 1 is 1.11 bits per heavy atom. The number of aliphatic carboxylic acids is 1. The van der Waals surface area contributed by atoms with Gasteiger partial charge in [-0.2, -0.15) is 13.2 Å². The van der Waals surface area contributed by atoms with Crippen molar-refractivity contribution in [1.82, 2.24) is 10.2 Å². The SMILES string of the molecule is CCC1(C(=O)O)CCCN1C(=O)C(NC(=O)OCC1c2ccccc2-c2ccccc21)C(F)(F)F. The lowest BCUT2D eigenvalue weighted by Gasteiger charge is -2.36. The number of fused-ring (bicyclic) bond motifs is 3. The fraction of sp³-hybridized carbons (Fsp3) is 0.400. The number of hydrogen-bond donors (Lipinski definition) is 2. The lowest BCUT2D eigenvalue weighted by Crippen LogP contribution is -2.62. The Balaban J connectivity index is 1.50. The predicted octanol–water partition coefficient (Wildman–Crippen LogP) is 4.31. The molecule has 4 rings (SSSR count). The molecule has 0 aromatic heterocycles. The van der Waals surface area contributed by atoms with Gasteiger partial charge >= 0.3 is 18.2 Å². The Morgan fingerprint density at radius 3 is 2.20 bits per heavy atom. The van der Waals surface area contributed by atoms with Gasteiger partial charge in [-0.15, -0.1) is 0 Å². The number of alkyl halides is 3. The van der Waals surface area contributed by atoms with Crippen LogP contribution in [0.1, 0.15) is 43.2 Å². The molecule has 1 aliphatic carbocycles. The molecule has 1 heterocycles. The second-order valence-electron chi connectivity index (χ2n) is 8.73. The molecule has 10 heteroatoms. The van der Waals surface area contributed by atoms with E-state index in [9.17, 15) is 32.7 Å². The smallest absolute Gasteiger partial charge is 0.417 e. The summed E-state index contributed by atoms with van der Waals surface area (Å²) in [5.41, 5.74) is 1.95. The summed E-state index contributed by atoms with van der Waals surface area (Å²) < 4.78 is 46.6. The molecule has 0 bridgehead atoms. The Labute approximate surface area is 199 Å². The number of ether oxygens (including phenoxy) is 1. The zero-order chi connectivity index (χ0) is 25.4. The summed E-state index contributed by atoms with van der Waals surface area (Å²) in [5.74, 6) is -3.24. The van der Waals surface area contributed by atoms with Crippen LogP contribution in [0.5, 0.6) is 0 Å². The van der Waals surface area contributed by atoms with Crippen LogP contribution in [0.25, 0.3) is 11.1 Å². The first kappa shape index (κ1) is 24.6. The van der Waals surface area contributed by atoms with Gasteiger partial charge in [-0.25, -0.2) is 9.59 Å². The lowest BCUT2D eigenvalue weighted by molar-refractivity contribution is -0.181. The summed E-state index contributed by atoms with van der Waals surface area (Å²) in [5, 5.41) is 11.3. The van der Waals surface area contributed by atoms with Crippen molar-refractivity contribution < 1.29 is 37.4 Å². The monoisotopic (exact) mass is 490 g/mol. The van der Waals surface area contributed by atoms with Crippen LogP contribution in [-0.2, 0) is 14.3 Å². The molecule has 2 unspecified atom stereocenters. The van der Waals surface area contributed by atoms with Gasteiger partial charge in [0.2, 0.25) is 6.04 Å². The number of alkyl carbamates (subject to hydrolysis) is 1.